The Balaban J connectivity index is 6.44. The van der Waals surface area contributed by atoms with E-state index >= 15 is 0 Å². The molecule has 36 nitrogen and oxygen atoms in total. The maximum Gasteiger partial charge on any atom is 0.245 e. The first-order chi connectivity index (χ1) is 42.4. The summed E-state index contributed by atoms with van der Waals surface area (Å²) in [4.78, 5) is 200. The molecular formula is C54H97N19O17S. The normalized spacial score (nSPS) is 15.0. The van der Waals surface area contributed by atoms with Crippen LogP contribution in [0.15, 0.2) is 4.99 Å². The first-order valence-electron chi connectivity index (χ1n) is 29.5. The highest BCUT2D eigenvalue weighted by Gasteiger charge is 2.37. The third kappa shape index (κ3) is 32.2. The number of aliphatic hydroxyl groups is 2. The summed E-state index contributed by atoms with van der Waals surface area (Å²) in [5, 5.41) is 49.5. The van der Waals surface area contributed by atoms with Crippen LogP contribution in [-0.4, -0.2) is 209 Å². The van der Waals surface area contributed by atoms with Crippen LogP contribution in [0.1, 0.15) is 120 Å². The topological polar surface area (TPSA) is 609 Å². The van der Waals surface area contributed by atoms with Crippen molar-refractivity contribution in [2.75, 3.05) is 32.1 Å². The predicted molar refractivity (Wildman–Crippen MR) is 332 cm³/mol. The lowest BCUT2D eigenvalue weighted by Crippen LogP contribution is -2.62. The van der Waals surface area contributed by atoms with E-state index in [1.54, 1.807) is 27.7 Å². The summed E-state index contributed by atoms with van der Waals surface area (Å²) in [6.07, 6.45) is -0.960. The number of unbranched alkanes of at least 4 members (excludes halogenated alkanes) is 1. The van der Waals surface area contributed by atoms with E-state index in [0.29, 0.717) is 6.42 Å². The van der Waals surface area contributed by atoms with Crippen molar-refractivity contribution in [1.82, 2.24) is 63.8 Å². The Morgan fingerprint density at radius 2 is 0.802 bits per heavy atom. The van der Waals surface area contributed by atoms with Crippen LogP contribution in [0.3, 0.4) is 0 Å². The quantitative estimate of drug-likeness (QED) is 0.0117. The summed E-state index contributed by atoms with van der Waals surface area (Å²) in [6, 6.07) is -17.7. The molecule has 15 amide bonds. The molecule has 0 heterocycles. The molecule has 0 aromatic carbocycles. The van der Waals surface area contributed by atoms with Crippen molar-refractivity contribution in [3.05, 3.63) is 0 Å². The van der Waals surface area contributed by atoms with Gasteiger partial charge in [-0.2, -0.15) is 12.6 Å². The zero-order chi connectivity index (χ0) is 70.0. The number of guanidine groups is 1. The molecular weight excluding hydrogens is 1220 g/mol. The second kappa shape index (κ2) is 42.5. The van der Waals surface area contributed by atoms with Gasteiger partial charge in [0.2, 0.25) is 88.6 Å². The van der Waals surface area contributed by atoms with Crippen LogP contribution in [-0.2, 0) is 71.9 Å². The number of hydrogen-bond donors (Lipinski definition) is 21. The molecule has 26 N–H and O–H groups in total. The Morgan fingerprint density at radius 3 is 1.24 bits per heavy atom. The van der Waals surface area contributed by atoms with Gasteiger partial charge in [0.15, 0.2) is 5.96 Å². The lowest BCUT2D eigenvalue weighted by atomic mass is 10.0. The highest BCUT2D eigenvalue weighted by Crippen LogP contribution is 2.11. The van der Waals surface area contributed by atoms with Gasteiger partial charge in [0, 0.05) is 25.6 Å². The molecule has 12 atom stereocenters. The smallest absolute Gasteiger partial charge is 0.245 e. The van der Waals surface area contributed by atoms with Crippen LogP contribution in [0.2, 0.25) is 0 Å². The molecule has 0 aliphatic carbocycles. The largest absolute Gasteiger partial charge is 0.394 e. The van der Waals surface area contributed by atoms with Gasteiger partial charge in [-0.3, -0.25) is 76.9 Å². The number of nitrogens with two attached hydrogens (primary N) is 6. The zero-order valence-electron chi connectivity index (χ0n) is 52.9. The summed E-state index contributed by atoms with van der Waals surface area (Å²) in [5.41, 5.74) is 32.4. The molecule has 0 saturated carbocycles. The highest BCUT2D eigenvalue weighted by molar-refractivity contribution is 7.80. The zero-order valence-corrected chi connectivity index (χ0v) is 53.8. The number of carbonyl (C=O) groups is 15. The number of hydrogen-bond acceptors (Lipinski definition) is 20. The number of primary amides is 3. The summed E-state index contributed by atoms with van der Waals surface area (Å²) >= 11 is 4.19. The number of rotatable bonds is 44. The summed E-state index contributed by atoms with van der Waals surface area (Å²) in [5.74, 6) is -16.3. The van der Waals surface area contributed by atoms with Gasteiger partial charge in [0.25, 0.3) is 0 Å². The van der Waals surface area contributed by atoms with Crippen molar-refractivity contribution in [3.8, 4) is 0 Å². The van der Waals surface area contributed by atoms with E-state index in [2.05, 4.69) is 81.4 Å². The third-order valence-electron chi connectivity index (χ3n) is 13.4. The van der Waals surface area contributed by atoms with Gasteiger partial charge in [-0.25, -0.2) is 0 Å². The molecule has 0 fully saturated rings. The maximum absolute atomic E-state index is 14.0. The van der Waals surface area contributed by atoms with E-state index in [0.717, 1.165) is 0 Å². The van der Waals surface area contributed by atoms with Crippen LogP contribution >= 0.6 is 12.6 Å². The number of thiol groups is 1. The molecule has 0 aliphatic rings. The number of amides is 15. The molecule has 0 radical (unpaired) electrons. The van der Waals surface area contributed by atoms with Crippen molar-refractivity contribution in [1.29, 1.82) is 0 Å². The fourth-order valence-electron chi connectivity index (χ4n) is 8.31. The molecule has 37 heteroatoms. The third-order valence-corrected chi connectivity index (χ3v) is 13.7. The molecule has 0 aromatic heterocycles. The van der Waals surface area contributed by atoms with Crippen molar-refractivity contribution in [2.24, 2.45) is 57.1 Å². The van der Waals surface area contributed by atoms with Gasteiger partial charge >= 0.3 is 0 Å². The van der Waals surface area contributed by atoms with E-state index in [-0.39, 0.29) is 75.8 Å². The van der Waals surface area contributed by atoms with Crippen LogP contribution in [0, 0.1) is 17.8 Å². The average Bonchev–Trinajstić information content (AvgIpc) is 1.71. The average molecular weight is 1320 g/mol. The first kappa shape index (κ1) is 82.6. The summed E-state index contributed by atoms with van der Waals surface area (Å²) in [6.45, 7) is 11.6. The second-order valence-corrected chi connectivity index (χ2v) is 23.0. The van der Waals surface area contributed by atoms with E-state index < -0.39 is 192 Å². The van der Waals surface area contributed by atoms with Gasteiger partial charge in [0.1, 0.15) is 72.5 Å². The Morgan fingerprint density at radius 1 is 0.418 bits per heavy atom. The Labute approximate surface area is 533 Å². The Bertz CT molecular complexity index is 2560. The second-order valence-electron chi connectivity index (χ2n) is 22.6. The summed E-state index contributed by atoms with van der Waals surface area (Å²) < 4.78 is 0. The van der Waals surface area contributed by atoms with E-state index in [4.69, 9.17) is 34.4 Å². The first-order valence-corrected chi connectivity index (χ1v) is 30.1. The monoisotopic (exact) mass is 1320 g/mol. The van der Waals surface area contributed by atoms with Gasteiger partial charge in [-0.05, 0) is 83.1 Å². The van der Waals surface area contributed by atoms with Crippen LogP contribution in [0.4, 0.5) is 0 Å². The fraction of sp³-hybridized carbons (Fsp3) is 0.704. The van der Waals surface area contributed by atoms with Crippen molar-refractivity contribution >= 4 is 107 Å². The van der Waals surface area contributed by atoms with Crippen molar-refractivity contribution in [3.63, 3.8) is 0 Å². The lowest BCUT2D eigenvalue weighted by molar-refractivity contribution is -0.137. The summed E-state index contributed by atoms with van der Waals surface area (Å²) in [7, 11) is 0. The number of aliphatic imine (C=N–C) groups is 1. The van der Waals surface area contributed by atoms with Crippen molar-refractivity contribution < 1.29 is 82.1 Å². The van der Waals surface area contributed by atoms with Crippen LogP contribution in [0.25, 0.3) is 0 Å². The number of nitrogens with one attached hydrogen (secondary N) is 12. The van der Waals surface area contributed by atoms with Gasteiger partial charge in [-0.1, -0.05) is 41.5 Å². The number of aliphatic hydroxyl groups excluding tert-OH is 2. The minimum absolute atomic E-state index is 0.0301. The van der Waals surface area contributed by atoms with E-state index in [1.807, 2.05) is 0 Å². The van der Waals surface area contributed by atoms with E-state index in [9.17, 15) is 82.1 Å². The molecule has 91 heavy (non-hydrogen) atoms. The standard InChI is InChI=1S/C54H97N19O17S/c1-24(2)19-33(68-45(82)32(14-12-18-61-54(59)60)66-44(81)28(8)63-52(89)40(25(3)4)64-29(9)76)48(85)71-35(21-74)49(86)72-37(23-91)51(88)67-31(13-10-11-17-55)46(83)70-36(22-75)50(87)73-41(26(5)6)53(90)69-34(20-39(57)78)47(84)62-27(7)43(80)65-30(42(58)79)15-16-38(56)77/h24-28,30-37,40-41,74-75,91H,10-23,55H2,1-9H3,(H2,56,77)(H2,57,78)(H2,58,79)(H,62,84)(H,63,89)(H,64,76)(H,65,80)(H,66,81)(H,67,88)(H,68,82)(H,69,90)(H,70,83)(H,71,85)(H,72,86)(H,73,87)(H4,59,60,61)/t27-,28-,30-,31-,32-,33-,34-,35-,36-,37-,40-,41-/m0/s1. The molecule has 0 unspecified atom stereocenters. The Hall–Kier alpha value is -8.45. The van der Waals surface area contributed by atoms with Crippen LogP contribution in [0.5, 0.6) is 0 Å². The van der Waals surface area contributed by atoms with Crippen LogP contribution < -0.4 is 98.2 Å². The Kier molecular flexibility index (Phi) is 38.6. The molecule has 0 saturated heterocycles. The predicted octanol–water partition coefficient (Wildman–Crippen LogP) is -9.05. The molecule has 0 aliphatic heterocycles. The SMILES string of the molecule is CC(=O)N[C@H](C(=O)N[C@@H](C)C(=O)N[C@@H](CCCN=C(N)N)C(=O)N[C@@H](CC(C)C)C(=O)N[C@@H](CO)C(=O)N[C@@H](CS)C(=O)N[C@@H](CCCCN)C(=O)N[C@@H](CO)C(=O)N[C@H](C(=O)N[C@@H](CC(N)=O)C(=O)N[C@@H](C)C(=O)N[C@@H](CCC(N)=O)C(N)=O)C(C)C)C(C)C. The number of nitrogens with zero attached hydrogens (tertiary/aromatic N) is 1. The molecule has 516 valence electrons. The fourth-order valence-corrected chi connectivity index (χ4v) is 8.57. The van der Waals surface area contributed by atoms with E-state index in [1.165, 1.54) is 34.6 Å². The minimum Gasteiger partial charge on any atom is -0.394 e. The van der Waals surface area contributed by atoms with Gasteiger partial charge in [-0.15, -0.1) is 0 Å². The molecule has 0 rings (SSSR count). The highest BCUT2D eigenvalue weighted by atomic mass is 32.1. The molecule has 0 aromatic rings. The van der Waals surface area contributed by atoms with Gasteiger partial charge in [0.05, 0.1) is 19.6 Å². The van der Waals surface area contributed by atoms with Crippen molar-refractivity contribution in [2.45, 2.75) is 193 Å². The minimum atomic E-state index is -1.81. The molecule has 0 spiro atoms. The number of carbonyl (C=O) groups excluding carboxylic acids is 15. The maximum atomic E-state index is 14.0. The molecule has 0 bridgehead atoms. The lowest BCUT2D eigenvalue weighted by Gasteiger charge is -2.28. The van der Waals surface area contributed by atoms with Gasteiger partial charge < -0.3 is 108 Å².